The van der Waals surface area contributed by atoms with Crippen molar-refractivity contribution in [1.82, 2.24) is 4.31 Å². The van der Waals surface area contributed by atoms with E-state index in [9.17, 15) is 13.2 Å². The maximum Gasteiger partial charge on any atom is 0.262 e. The van der Waals surface area contributed by atoms with E-state index in [1.165, 1.54) is 10.4 Å². The number of hydrogen-bond donors (Lipinski definition) is 1. The molecule has 7 nitrogen and oxygen atoms in total. The molecule has 29 heavy (non-hydrogen) atoms. The minimum Gasteiger partial charge on any atom is -0.483 e. The highest BCUT2D eigenvalue weighted by molar-refractivity contribution is 7.89. The molecule has 3 rings (SSSR count). The average Bonchev–Trinajstić information content (AvgIpc) is 2.73. The largest absolute Gasteiger partial charge is 0.483 e. The third-order valence-electron chi connectivity index (χ3n) is 4.73. The number of nitriles is 1. The van der Waals surface area contributed by atoms with E-state index < -0.39 is 10.0 Å². The Kier molecular flexibility index (Phi) is 6.52. The minimum absolute atomic E-state index is 0.226. The predicted octanol–water partition coefficient (Wildman–Crippen LogP) is 3.06. The van der Waals surface area contributed by atoms with E-state index >= 15 is 0 Å². The number of piperidine rings is 1. The summed E-state index contributed by atoms with van der Waals surface area (Å²) in [6, 6.07) is 13.3. The molecule has 1 N–H and O–H groups in total. The van der Waals surface area contributed by atoms with Crippen molar-refractivity contribution >= 4 is 21.6 Å². The third-order valence-corrected chi connectivity index (χ3v) is 6.63. The molecule has 0 unspecified atom stereocenters. The molecule has 0 radical (unpaired) electrons. The number of nitrogens with one attached hydrogen (secondary N) is 1. The lowest BCUT2D eigenvalue weighted by Crippen LogP contribution is -2.35. The van der Waals surface area contributed by atoms with E-state index in [-0.39, 0.29) is 17.4 Å². The Morgan fingerprint density at radius 2 is 1.93 bits per heavy atom. The van der Waals surface area contributed by atoms with Crippen LogP contribution < -0.4 is 10.1 Å². The zero-order valence-electron chi connectivity index (χ0n) is 16.2. The highest BCUT2D eigenvalue weighted by Crippen LogP contribution is 2.26. The van der Waals surface area contributed by atoms with E-state index in [1.807, 2.05) is 6.07 Å². The number of amides is 1. The molecule has 0 spiro atoms. The molecule has 152 valence electrons. The second-order valence-electron chi connectivity index (χ2n) is 6.92. The summed E-state index contributed by atoms with van der Waals surface area (Å²) in [5.41, 5.74) is 1.60. The summed E-state index contributed by atoms with van der Waals surface area (Å²) < 4.78 is 32.6. The van der Waals surface area contributed by atoms with Crippen LogP contribution in [0.3, 0.4) is 0 Å². The number of sulfonamides is 1. The van der Waals surface area contributed by atoms with Crippen molar-refractivity contribution in [3.63, 3.8) is 0 Å². The number of nitrogens with zero attached hydrogens (tertiary/aromatic N) is 2. The molecule has 2 aromatic carbocycles. The van der Waals surface area contributed by atoms with Crippen LogP contribution in [0, 0.1) is 18.3 Å². The van der Waals surface area contributed by atoms with Crippen LogP contribution in [0.2, 0.25) is 0 Å². The minimum atomic E-state index is -3.51. The zero-order valence-corrected chi connectivity index (χ0v) is 17.0. The van der Waals surface area contributed by atoms with Gasteiger partial charge in [-0.3, -0.25) is 4.79 Å². The van der Waals surface area contributed by atoms with Gasteiger partial charge in [0.05, 0.1) is 16.5 Å². The predicted molar refractivity (Wildman–Crippen MR) is 109 cm³/mol. The SMILES string of the molecule is Cc1cc(S(=O)(=O)N2CCCCC2)ccc1OCC(=O)Nc1cccc(C#N)c1. The Hall–Kier alpha value is -2.89. The number of hydrogen-bond acceptors (Lipinski definition) is 5. The number of aryl methyl sites for hydroxylation is 1. The fraction of sp³-hybridized carbons (Fsp3) is 0.333. The summed E-state index contributed by atoms with van der Waals surface area (Å²) >= 11 is 0. The lowest BCUT2D eigenvalue weighted by Gasteiger charge is -2.26. The molecule has 0 atom stereocenters. The van der Waals surface area contributed by atoms with Crippen molar-refractivity contribution in [2.75, 3.05) is 25.0 Å². The van der Waals surface area contributed by atoms with E-state index in [4.69, 9.17) is 10.00 Å². The summed E-state index contributed by atoms with van der Waals surface area (Å²) in [6.45, 7) is 2.62. The van der Waals surface area contributed by atoms with Crippen molar-refractivity contribution in [3.05, 3.63) is 53.6 Å². The maximum atomic E-state index is 12.8. The highest BCUT2D eigenvalue weighted by atomic mass is 32.2. The molecule has 1 heterocycles. The first kappa shape index (κ1) is 20.8. The van der Waals surface area contributed by atoms with Crippen molar-refractivity contribution in [2.24, 2.45) is 0 Å². The Balaban J connectivity index is 1.63. The van der Waals surface area contributed by atoms with Crippen LogP contribution in [-0.4, -0.2) is 38.3 Å². The number of ether oxygens (including phenoxy) is 1. The monoisotopic (exact) mass is 413 g/mol. The molecular formula is C21H23N3O4S. The van der Waals surface area contributed by atoms with Gasteiger partial charge in [-0.05, 0) is 61.7 Å². The van der Waals surface area contributed by atoms with Crippen LogP contribution in [-0.2, 0) is 14.8 Å². The first-order chi connectivity index (χ1) is 13.9. The van der Waals surface area contributed by atoms with Gasteiger partial charge in [0.15, 0.2) is 6.61 Å². The normalized spacial score (nSPS) is 14.8. The molecule has 0 bridgehead atoms. The molecule has 1 amide bonds. The fourth-order valence-electron chi connectivity index (χ4n) is 3.21. The van der Waals surface area contributed by atoms with Gasteiger partial charge < -0.3 is 10.1 Å². The van der Waals surface area contributed by atoms with E-state index in [0.717, 1.165) is 19.3 Å². The molecule has 0 saturated carbocycles. The maximum absolute atomic E-state index is 12.8. The van der Waals surface area contributed by atoms with Crippen LogP contribution >= 0.6 is 0 Å². The lowest BCUT2D eigenvalue weighted by molar-refractivity contribution is -0.118. The summed E-state index contributed by atoms with van der Waals surface area (Å²) in [5, 5.41) is 11.6. The van der Waals surface area contributed by atoms with Gasteiger partial charge in [-0.25, -0.2) is 8.42 Å². The molecule has 1 saturated heterocycles. The summed E-state index contributed by atoms with van der Waals surface area (Å²) in [6.07, 6.45) is 2.82. The van der Waals surface area contributed by atoms with Gasteiger partial charge in [0.1, 0.15) is 5.75 Å². The second-order valence-corrected chi connectivity index (χ2v) is 8.86. The first-order valence-corrected chi connectivity index (χ1v) is 10.9. The Bertz CT molecular complexity index is 1040. The standard InChI is InChI=1S/C21H23N3O4S/c1-16-12-19(29(26,27)24-10-3-2-4-11-24)8-9-20(16)28-15-21(25)23-18-7-5-6-17(13-18)14-22/h5-9,12-13H,2-4,10-11,15H2,1H3,(H,23,25). The molecule has 1 aliphatic heterocycles. The molecule has 8 heteroatoms. The molecule has 2 aromatic rings. The van der Waals surface area contributed by atoms with Crippen molar-refractivity contribution in [1.29, 1.82) is 5.26 Å². The number of rotatable bonds is 6. The average molecular weight is 413 g/mol. The Labute approximate surface area is 171 Å². The van der Waals surface area contributed by atoms with Crippen molar-refractivity contribution in [3.8, 4) is 11.8 Å². The molecule has 1 aliphatic rings. The van der Waals surface area contributed by atoms with Crippen LogP contribution in [0.15, 0.2) is 47.4 Å². The van der Waals surface area contributed by atoms with Crippen LogP contribution in [0.1, 0.15) is 30.4 Å². The van der Waals surface area contributed by atoms with Gasteiger partial charge in [0, 0.05) is 18.8 Å². The van der Waals surface area contributed by atoms with Crippen LogP contribution in [0.25, 0.3) is 0 Å². The summed E-state index contributed by atoms with van der Waals surface area (Å²) in [5.74, 6) is 0.0769. The smallest absolute Gasteiger partial charge is 0.262 e. The molecule has 1 fully saturated rings. The first-order valence-electron chi connectivity index (χ1n) is 9.44. The molecular weight excluding hydrogens is 390 g/mol. The quantitative estimate of drug-likeness (QED) is 0.785. The number of benzene rings is 2. The summed E-state index contributed by atoms with van der Waals surface area (Å²) in [7, 11) is -3.51. The van der Waals surface area contributed by atoms with Gasteiger partial charge in [-0.15, -0.1) is 0 Å². The highest BCUT2D eigenvalue weighted by Gasteiger charge is 2.26. The number of carbonyl (C=O) groups excluding carboxylic acids is 1. The summed E-state index contributed by atoms with van der Waals surface area (Å²) in [4.78, 5) is 12.3. The number of carbonyl (C=O) groups is 1. The van der Waals surface area contributed by atoms with Crippen molar-refractivity contribution in [2.45, 2.75) is 31.1 Å². The van der Waals surface area contributed by atoms with Gasteiger partial charge in [-0.2, -0.15) is 9.57 Å². The lowest BCUT2D eigenvalue weighted by atomic mass is 10.2. The number of anilines is 1. The molecule has 0 aliphatic carbocycles. The van der Waals surface area contributed by atoms with Gasteiger partial charge in [0.2, 0.25) is 10.0 Å². The fourth-order valence-corrected chi connectivity index (χ4v) is 4.81. The molecule has 0 aromatic heterocycles. The van der Waals surface area contributed by atoms with Crippen molar-refractivity contribution < 1.29 is 17.9 Å². The third kappa shape index (κ3) is 5.13. The zero-order chi connectivity index (χ0) is 20.9. The van der Waals surface area contributed by atoms with Gasteiger partial charge in [-0.1, -0.05) is 12.5 Å². The Morgan fingerprint density at radius 3 is 2.62 bits per heavy atom. The van der Waals surface area contributed by atoms with Crippen LogP contribution in [0.5, 0.6) is 5.75 Å². The van der Waals surface area contributed by atoms with E-state index in [0.29, 0.717) is 35.7 Å². The van der Waals surface area contributed by atoms with Gasteiger partial charge in [0.25, 0.3) is 5.91 Å². The topological polar surface area (TPSA) is 99.5 Å². The van der Waals surface area contributed by atoms with Gasteiger partial charge >= 0.3 is 0 Å². The second kappa shape index (κ2) is 9.07. The van der Waals surface area contributed by atoms with E-state index in [2.05, 4.69) is 5.32 Å². The van der Waals surface area contributed by atoms with E-state index in [1.54, 1.807) is 43.3 Å². The van der Waals surface area contributed by atoms with Crippen LogP contribution in [0.4, 0.5) is 5.69 Å². The Morgan fingerprint density at radius 1 is 1.17 bits per heavy atom.